The highest BCUT2D eigenvalue weighted by Gasteiger charge is 2.20. The van der Waals surface area contributed by atoms with Crippen molar-refractivity contribution in [1.29, 1.82) is 0 Å². The van der Waals surface area contributed by atoms with Gasteiger partial charge in [0.2, 0.25) is 0 Å². The maximum absolute atomic E-state index is 12.6. The molecule has 0 fully saturated rings. The van der Waals surface area contributed by atoms with Gasteiger partial charge in [-0.15, -0.1) is 0 Å². The number of nitrogens with one attached hydrogen (secondary N) is 2. The summed E-state index contributed by atoms with van der Waals surface area (Å²) in [4.78, 5) is 42.1. The number of aryl methyl sites for hydroxylation is 3. The van der Waals surface area contributed by atoms with Crippen molar-refractivity contribution in [2.24, 2.45) is 0 Å². The molecule has 8 bridgehead atoms. The Morgan fingerprint density at radius 3 is 1.34 bits per heavy atom. The lowest BCUT2D eigenvalue weighted by atomic mass is 10.0. The third-order valence-electron chi connectivity index (χ3n) is 10.7. The first-order valence-electron chi connectivity index (χ1n) is 19.6. The monoisotopic (exact) mass is 772 g/mol. The number of nitrogens with zero attached hydrogens (tertiary/aromatic N) is 2. The third kappa shape index (κ3) is 7.51. The van der Waals surface area contributed by atoms with E-state index in [1.807, 2.05) is 12.1 Å². The van der Waals surface area contributed by atoms with Crippen LogP contribution in [0.2, 0.25) is 0 Å². The van der Waals surface area contributed by atoms with E-state index < -0.39 is 11.9 Å². The van der Waals surface area contributed by atoms with Crippen molar-refractivity contribution in [3.05, 3.63) is 161 Å². The van der Waals surface area contributed by atoms with Crippen LogP contribution in [0.25, 0.3) is 90.9 Å². The average molecular weight is 773 g/mol. The van der Waals surface area contributed by atoms with Crippen LogP contribution in [0, 0.1) is 20.8 Å². The number of carboxylic acid groups (broad SMARTS) is 1. The summed E-state index contributed by atoms with van der Waals surface area (Å²) >= 11 is 0. The number of carbonyl (C=O) groups is 2. The summed E-state index contributed by atoms with van der Waals surface area (Å²) in [5, 5.41) is 9.12. The molecule has 0 radical (unpaired) electrons. The normalized spacial score (nSPS) is 11.8. The number of carbonyl (C=O) groups excluding carboxylic acids is 1. The number of aliphatic carboxylic acids is 1. The molecular formula is C51H40N4O4. The number of fused-ring (bicyclic) bond motifs is 8. The van der Waals surface area contributed by atoms with Gasteiger partial charge in [-0.2, -0.15) is 0 Å². The number of ether oxygens (including phenoxy) is 1. The molecule has 2 aliphatic heterocycles. The number of hydrogen-bond donors (Lipinski definition) is 3. The van der Waals surface area contributed by atoms with Crippen molar-refractivity contribution in [3.8, 4) is 50.3 Å². The topological polar surface area (TPSA) is 121 Å². The minimum absolute atomic E-state index is 0.232. The van der Waals surface area contributed by atoms with Gasteiger partial charge in [-0.05, 0) is 104 Å². The number of benzene rings is 4. The van der Waals surface area contributed by atoms with Gasteiger partial charge in [-0.25, -0.2) is 9.97 Å². The highest BCUT2D eigenvalue weighted by Crippen LogP contribution is 2.39. The molecule has 3 aromatic heterocycles. The Labute approximate surface area is 341 Å². The van der Waals surface area contributed by atoms with Crippen LogP contribution in [0.3, 0.4) is 0 Å². The molecule has 7 aromatic rings. The second-order valence-electron chi connectivity index (χ2n) is 15.0. The van der Waals surface area contributed by atoms with Gasteiger partial charge in [0.05, 0.1) is 35.6 Å². The van der Waals surface area contributed by atoms with Crippen LogP contribution >= 0.6 is 0 Å². The van der Waals surface area contributed by atoms with Crippen LogP contribution in [0.5, 0.6) is 5.75 Å². The number of aromatic amines is 2. The molecule has 0 aliphatic carbocycles. The fourth-order valence-corrected chi connectivity index (χ4v) is 7.69. The predicted octanol–water partition coefficient (Wildman–Crippen LogP) is 12.0. The number of rotatable bonds is 8. The van der Waals surface area contributed by atoms with Crippen molar-refractivity contribution in [3.63, 3.8) is 0 Å². The predicted molar refractivity (Wildman–Crippen MR) is 237 cm³/mol. The Morgan fingerprint density at radius 1 is 0.492 bits per heavy atom. The van der Waals surface area contributed by atoms with Crippen molar-refractivity contribution >= 4 is 58.3 Å². The Balaban J connectivity index is 1.39. The quantitative estimate of drug-likeness (QED) is 0.104. The summed E-state index contributed by atoms with van der Waals surface area (Å²) in [6.45, 7) is 6.24. The van der Waals surface area contributed by atoms with E-state index in [-0.39, 0.29) is 12.8 Å². The Kier molecular flexibility index (Phi) is 9.66. The fourth-order valence-electron chi connectivity index (χ4n) is 7.69. The Bertz CT molecular complexity index is 2880. The molecule has 0 unspecified atom stereocenters. The zero-order valence-corrected chi connectivity index (χ0v) is 32.8. The number of carboxylic acids is 1. The summed E-state index contributed by atoms with van der Waals surface area (Å²) in [7, 11) is 0. The van der Waals surface area contributed by atoms with E-state index in [4.69, 9.17) is 19.8 Å². The van der Waals surface area contributed by atoms with Gasteiger partial charge in [-0.3, -0.25) is 9.59 Å². The minimum atomic E-state index is -1.06. The van der Waals surface area contributed by atoms with Gasteiger partial charge in [0.1, 0.15) is 5.75 Å². The molecule has 8 heteroatoms. The molecule has 4 aromatic carbocycles. The molecule has 0 atom stereocenters. The third-order valence-corrected chi connectivity index (χ3v) is 10.7. The van der Waals surface area contributed by atoms with E-state index in [1.165, 1.54) is 5.56 Å². The highest BCUT2D eigenvalue weighted by molar-refractivity contribution is 6.00. The van der Waals surface area contributed by atoms with Gasteiger partial charge in [0, 0.05) is 44.3 Å². The fraction of sp³-hybridized carbons (Fsp3) is 0.0980. The maximum atomic E-state index is 12.6. The zero-order chi connectivity index (χ0) is 40.6. The van der Waals surface area contributed by atoms with E-state index in [2.05, 4.69) is 152 Å². The molecular weight excluding hydrogens is 733 g/mol. The van der Waals surface area contributed by atoms with Crippen molar-refractivity contribution in [2.75, 3.05) is 0 Å². The second-order valence-corrected chi connectivity index (χ2v) is 15.0. The summed E-state index contributed by atoms with van der Waals surface area (Å²) in [5.74, 6) is -1.35. The van der Waals surface area contributed by atoms with Crippen LogP contribution in [-0.2, 0) is 9.59 Å². The molecule has 0 saturated heterocycles. The van der Waals surface area contributed by atoms with Gasteiger partial charge in [-0.1, -0.05) is 102 Å². The van der Waals surface area contributed by atoms with Crippen molar-refractivity contribution < 1.29 is 19.4 Å². The molecule has 0 saturated carbocycles. The number of aromatic nitrogens is 4. The standard InChI is InChI=1S/C51H40N4O4/c1-30-7-13-33(14-8-30)48-38-19-21-40(52-38)49(34-15-9-31(2)10-16-34)42-23-25-44(54-42)51(36-5-4-6-37(29-36)59-47(58)28-27-46(56)57)45-26-24-43(55-45)50(41-22-20-39(48)53-41)35-17-11-32(3)12-18-35/h4-26,29,54-55H,27-28H2,1-3H3,(H,56,57). The smallest absolute Gasteiger partial charge is 0.311 e. The van der Waals surface area contributed by atoms with Crippen LogP contribution in [0.1, 0.15) is 52.3 Å². The Hall–Kier alpha value is -7.58. The number of esters is 1. The highest BCUT2D eigenvalue weighted by atomic mass is 16.5. The first kappa shape index (κ1) is 37.0. The molecule has 5 heterocycles. The molecule has 8 nitrogen and oxygen atoms in total. The first-order chi connectivity index (χ1) is 28.7. The van der Waals surface area contributed by atoms with E-state index in [0.29, 0.717) is 5.75 Å². The summed E-state index contributed by atoms with van der Waals surface area (Å²) in [5.41, 5.74) is 17.6. The minimum Gasteiger partial charge on any atom is -0.481 e. The molecule has 288 valence electrons. The molecule has 2 aliphatic rings. The van der Waals surface area contributed by atoms with E-state index >= 15 is 0 Å². The maximum Gasteiger partial charge on any atom is 0.311 e. The molecule has 9 rings (SSSR count). The van der Waals surface area contributed by atoms with Gasteiger partial charge >= 0.3 is 11.9 Å². The molecule has 0 amide bonds. The number of hydrogen-bond acceptors (Lipinski definition) is 5. The number of H-pyrrole nitrogens is 2. The SMILES string of the molecule is Cc1ccc(-c2c3nc(c(-c4ccc(C)cc4)c4ccc([nH]4)c(-c4cccc(OC(=O)CCC(=O)O)c4)c4ccc([nH]4)c(-c4ccc(C)cc4)c4nc2C=C4)C=C3)cc1. The van der Waals surface area contributed by atoms with Crippen LogP contribution < -0.4 is 4.74 Å². The van der Waals surface area contributed by atoms with E-state index in [0.717, 1.165) is 100 Å². The summed E-state index contributed by atoms with van der Waals surface area (Å²) < 4.78 is 5.65. The lowest BCUT2D eigenvalue weighted by molar-refractivity contribution is -0.142. The average Bonchev–Trinajstić information content (AvgIpc) is 4.07. The molecule has 3 N–H and O–H groups in total. The van der Waals surface area contributed by atoms with Crippen LogP contribution in [0.15, 0.2) is 121 Å². The van der Waals surface area contributed by atoms with Crippen LogP contribution in [0.4, 0.5) is 0 Å². The summed E-state index contributed by atoms with van der Waals surface area (Å²) in [6, 6.07) is 41.0. The van der Waals surface area contributed by atoms with Crippen molar-refractivity contribution in [1.82, 2.24) is 19.9 Å². The molecule has 0 spiro atoms. The lowest BCUT2D eigenvalue weighted by Gasteiger charge is -2.08. The van der Waals surface area contributed by atoms with Crippen LogP contribution in [-0.4, -0.2) is 37.0 Å². The lowest BCUT2D eigenvalue weighted by Crippen LogP contribution is -2.10. The summed E-state index contributed by atoms with van der Waals surface area (Å²) in [6.07, 6.45) is 7.78. The Morgan fingerprint density at radius 2 is 0.898 bits per heavy atom. The second kappa shape index (κ2) is 15.4. The zero-order valence-electron chi connectivity index (χ0n) is 32.8. The first-order valence-corrected chi connectivity index (χ1v) is 19.6. The van der Waals surface area contributed by atoms with E-state index in [1.54, 1.807) is 12.1 Å². The molecule has 59 heavy (non-hydrogen) atoms. The van der Waals surface area contributed by atoms with Gasteiger partial charge in [0.15, 0.2) is 0 Å². The largest absolute Gasteiger partial charge is 0.481 e. The van der Waals surface area contributed by atoms with Crippen molar-refractivity contribution in [2.45, 2.75) is 33.6 Å². The van der Waals surface area contributed by atoms with E-state index in [9.17, 15) is 9.59 Å². The van der Waals surface area contributed by atoms with Gasteiger partial charge < -0.3 is 19.8 Å². The van der Waals surface area contributed by atoms with Gasteiger partial charge in [0.25, 0.3) is 0 Å².